The highest BCUT2D eigenvalue weighted by atomic mass is 35.5. The van der Waals surface area contributed by atoms with Crippen LogP contribution >= 0.6 is 11.6 Å². The Labute approximate surface area is 186 Å². The molecule has 0 saturated carbocycles. The quantitative estimate of drug-likeness (QED) is 0.373. The van der Waals surface area contributed by atoms with E-state index in [0.717, 1.165) is 21.9 Å². The highest BCUT2D eigenvalue weighted by molar-refractivity contribution is 7.89. The van der Waals surface area contributed by atoms with Crippen LogP contribution < -0.4 is 14.8 Å². The van der Waals surface area contributed by atoms with E-state index < -0.39 is 10.0 Å². The Morgan fingerprint density at radius 1 is 0.871 bits per heavy atom. The van der Waals surface area contributed by atoms with Crippen LogP contribution in [-0.2, 0) is 10.0 Å². The molecule has 31 heavy (non-hydrogen) atoms. The van der Waals surface area contributed by atoms with Gasteiger partial charge in [0.25, 0.3) is 0 Å². The maximum Gasteiger partial charge on any atom is 0.241 e. The van der Waals surface area contributed by atoms with Crippen LogP contribution in [0, 0.1) is 0 Å². The molecule has 0 bridgehead atoms. The molecule has 0 aliphatic carbocycles. The topological polar surface area (TPSA) is 80.3 Å². The summed E-state index contributed by atoms with van der Waals surface area (Å²) in [5.41, 5.74) is 0. The van der Waals surface area contributed by atoms with Crippen molar-refractivity contribution in [2.75, 3.05) is 26.2 Å². The maximum absolute atomic E-state index is 12.7. The molecule has 0 unspecified atom stereocenters. The van der Waals surface area contributed by atoms with Gasteiger partial charge in [-0.25, -0.2) is 13.1 Å². The van der Waals surface area contributed by atoms with E-state index >= 15 is 0 Å². The number of halogens is 1. The first kappa shape index (κ1) is 21.5. The van der Waals surface area contributed by atoms with E-state index in [4.69, 9.17) is 16.3 Å². The first-order valence-corrected chi connectivity index (χ1v) is 11.8. The van der Waals surface area contributed by atoms with Crippen molar-refractivity contribution in [2.45, 2.75) is 4.90 Å². The second-order valence-electron chi connectivity index (χ2n) is 6.94. The number of benzene rings is 3. The van der Waals surface area contributed by atoms with E-state index in [1.54, 1.807) is 30.6 Å². The third-order valence-corrected chi connectivity index (χ3v) is 6.74. The molecule has 160 valence electrons. The number of nitrogens with zero attached hydrogens (tertiary/aromatic N) is 1. The highest BCUT2D eigenvalue weighted by Gasteiger charge is 2.16. The number of hydrogen-bond donors (Lipinski definition) is 2. The maximum atomic E-state index is 12.7. The second kappa shape index (κ2) is 9.62. The van der Waals surface area contributed by atoms with Gasteiger partial charge in [-0.1, -0.05) is 48.0 Å². The lowest BCUT2D eigenvalue weighted by atomic mass is 10.1. The molecular formula is C23H22ClN3O3S. The van der Waals surface area contributed by atoms with Crippen molar-refractivity contribution in [3.05, 3.63) is 78.1 Å². The number of rotatable bonds is 9. The minimum absolute atomic E-state index is 0.255. The molecule has 6 nitrogen and oxygen atoms in total. The Kier molecular flexibility index (Phi) is 6.67. The summed E-state index contributed by atoms with van der Waals surface area (Å²) in [4.78, 5) is 4.29. The smallest absolute Gasteiger partial charge is 0.241 e. The first-order chi connectivity index (χ1) is 15.1. The molecule has 0 atom stereocenters. The van der Waals surface area contributed by atoms with Crippen LogP contribution in [0.2, 0.25) is 5.02 Å². The second-order valence-corrected chi connectivity index (χ2v) is 9.08. The largest absolute Gasteiger partial charge is 0.492 e. The van der Waals surface area contributed by atoms with Crippen LogP contribution in [0.25, 0.3) is 21.5 Å². The fraction of sp³-hybridized carbons (Fsp3) is 0.174. The van der Waals surface area contributed by atoms with E-state index in [0.29, 0.717) is 30.1 Å². The van der Waals surface area contributed by atoms with Gasteiger partial charge in [0.05, 0.1) is 4.90 Å². The highest BCUT2D eigenvalue weighted by Crippen LogP contribution is 2.31. The van der Waals surface area contributed by atoms with E-state index in [9.17, 15) is 8.42 Å². The molecule has 0 spiro atoms. The van der Waals surface area contributed by atoms with Crippen molar-refractivity contribution in [3.63, 3.8) is 0 Å². The molecule has 0 aliphatic heterocycles. The zero-order valence-electron chi connectivity index (χ0n) is 16.7. The Morgan fingerprint density at radius 2 is 1.71 bits per heavy atom. The number of hydrogen-bond acceptors (Lipinski definition) is 5. The molecule has 0 amide bonds. The molecule has 0 radical (unpaired) electrons. The number of ether oxygens (including phenoxy) is 1. The standard InChI is InChI=1S/C23H22ClN3O3S/c24-21-8-9-22(20-6-2-1-5-19(20)21)30-15-14-25-12-13-27-31(28,29)23-7-3-4-17-16-26-11-10-18(17)23/h1-11,16,25,27H,12-15H2. The minimum Gasteiger partial charge on any atom is -0.492 e. The number of aromatic nitrogens is 1. The summed E-state index contributed by atoms with van der Waals surface area (Å²) in [6.45, 7) is 1.79. The van der Waals surface area contributed by atoms with Crippen molar-refractivity contribution in [3.8, 4) is 5.75 Å². The van der Waals surface area contributed by atoms with Gasteiger partial charge in [0.1, 0.15) is 12.4 Å². The average Bonchev–Trinajstić information content (AvgIpc) is 2.79. The van der Waals surface area contributed by atoms with Gasteiger partial charge >= 0.3 is 0 Å². The van der Waals surface area contributed by atoms with Gasteiger partial charge in [-0.15, -0.1) is 0 Å². The molecule has 0 aliphatic rings. The van der Waals surface area contributed by atoms with E-state index in [1.807, 2.05) is 42.5 Å². The van der Waals surface area contributed by atoms with Gasteiger partial charge < -0.3 is 10.1 Å². The van der Waals surface area contributed by atoms with Crippen LogP contribution in [-0.4, -0.2) is 39.6 Å². The van der Waals surface area contributed by atoms with Gasteiger partial charge in [-0.2, -0.15) is 0 Å². The van der Waals surface area contributed by atoms with Crippen molar-refractivity contribution < 1.29 is 13.2 Å². The summed E-state index contributed by atoms with van der Waals surface area (Å²) in [7, 11) is -3.61. The fourth-order valence-corrected chi connectivity index (χ4v) is 4.88. The molecule has 4 aromatic rings. The van der Waals surface area contributed by atoms with Crippen LogP contribution in [0.4, 0.5) is 0 Å². The predicted molar refractivity (Wildman–Crippen MR) is 124 cm³/mol. The molecule has 3 aromatic carbocycles. The summed E-state index contributed by atoms with van der Waals surface area (Å²) in [5, 5.41) is 7.24. The van der Waals surface area contributed by atoms with Gasteiger partial charge in [0, 0.05) is 58.6 Å². The molecular weight excluding hydrogens is 434 g/mol. The normalized spacial score (nSPS) is 11.8. The van der Waals surface area contributed by atoms with Crippen LogP contribution in [0.5, 0.6) is 5.75 Å². The number of pyridine rings is 1. The molecule has 1 aromatic heterocycles. The van der Waals surface area contributed by atoms with Crippen LogP contribution in [0.3, 0.4) is 0 Å². The minimum atomic E-state index is -3.61. The van der Waals surface area contributed by atoms with Gasteiger partial charge in [-0.05, 0) is 24.3 Å². The van der Waals surface area contributed by atoms with Crippen LogP contribution in [0.1, 0.15) is 0 Å². The fourth-order valence-electron chi connectivity index (χ4n) is 3.40. The molecule has 8 heteroatoms. The van der Waals surface area contributed by atoms with E-state index in [1.165, 1.54) is 0 Å². The number of sulfonamides is 1. The Balaban J connectivity index is 1.26. The van der Waals surface area contributed by atoms with E-state index in [-0.39, 0.29) is 11.4 Å². The average molecular weight is 456 g/mol. The molecule has 1 heterocycles. The van der Waals surface area contributed by atoms with Crippen molar-refractivity contribution in [2.24, 2.45) is 0 Å². The first-order valence-electron chi connectivity index (χ1n) is 9.89. The van der Waals surface area contributed by atoms with Crippen molar-refractivity contribution in [1.29, 1.82) is 0 Å². The lowest BCUT2D eigenvalue weighted by Crippen LogP contribution is -2.33. The zero-order valence-corrected chi connectivity index (χ0v) is 18.3. The van der Waals surface area contributed by atoms with E-state index in [2.05, 4.69) is 15.0 Å². The Hall–Kier alpha value is -2.71. The molecule has 0 fully saturated rings. The number of nitrogens with one attached hydrogen (secondary N) is 2. The summed E-state index contributed by atoms with van der Waals surface area (Å²) in [6, 6.07) is 18.4. The third kappa shape index (κ3) is 4.97. The predicted octanol–water partition coefficient (Wildman–Crippen LogP) is 3.99. The molecule has 2 N–H and O–H groups in total. The Morgan fingerprint density at radius 3 is 2.58 bits per heavy atom. The third-order valence-electron chi connectivity index (χ3n) is 4.89. The van der Waals surface area contributed by atoms with Crippen molar-refractivity contribution in [1.82, 2.24) is 15.0 Å². The van der Waals surface area contributed by atoms with Crippen LogP contribution in [0.15, 0.2) is 78.0 Å². The number of fused-ring (bicyclic) bond motifs is 2. The lowest BCUT2D eigenvalue weighted by Gasteiger charge is -2.12. The van der Waals surface area contributed by atoms with Gasteiger partial charge in [0.2, 0.25) is 10.0 Å². The summed E-state index contributed by atoms with van der Waals surface area (Å²) < 4.78 is 33.9. The summed E-state index contributed by atoms with van der Waals surface area (Å²) >= 11 is 6.23. The van der Waals surface area contributed by atoms with Crippen molar-refractivity contribution >= 4 is 43.2 Å². The zero-order chi connectivity index (χ0) is 21.7. The van der Waals surface area contributed by atoms with Gasteiger partial charge in [-0.3, -0.25) is 4.98 Å². The molecule has 4 rings (SSSR count). The summed E-state index contributed by atoms with van der Waals surface area (Å²) in [5.74, 6) is 0.771. The lowest BCUT2D eigenvalue weighted by molar-refractivity contribution is 0.318. The molecule has 0 saturated heterocycles. The SMILES string of the molecule is O=S(=O)(NCCNCCOc1ccc(Cl)c2ccccc12)c1cccc2cnccc12. The van der Waals surface area contributed by atoms with Gasteiger partial charge in [0.15, 0.2) is 0 Å². The summed E-state index contributed by atoms with van der Waals surface area (Å²) in [6.07, 6.45) is 3.24. The Bertz CT molecular complexity index is 1310. The monoisotopic (exact) mass is 455 g/mol.